The maximum absolute atomic E-state index is 5.52. The second-order valence-electron chi connectivity index (χ2n) is 1.86. The number of ether oxygens (including phenoxy) is 1. The molecule has 0 bridgehead atoms. The van der Waals surface area contributed by atoms with Crippen LogP contribution in [0.1, 0.15) is 20.3 Å². The summed E-state index contributed by atoms with van der Waals surface area (Å²) in [7, 11) is 0. The van der Waals surface area contributed by atoms with E-state index in [0.717, 1.165) is 11.0 Å². The molecule has 0 aromatic carbocycles. The first kappa shape index (κ1) is 9.72. The molecule has 2 N–H and O–H groups in total. The molecule has 0 rings (SSSR count). The Morgan fingerprint density at radius 3 is 2.67 bits per heavy atom. The third-order valence-electron chi connectivity index (χ3n) is 1.05. The quantitative estimate of drug-likeness (QED) is 0.435. The fraction of sp³-hybridized carbons (Fsp3) is 1.00. The number of nitrogens with two attached hydrogens (primary N) is 1. The van der Waals surface area contributed by atoms with Gasteiger partial charge in [-0.15, -0.1) is 0 Å². The zero-order valence-corrected chi connectivity index (χ0v) is 9.04. The molecule has 52 valence electrons. The van der Waals surface area contributed by atoms with E-state index in [1.165, 1.54) is 4.44 Å². The molecular formula is C6H15NOSn+2. The number of rotatable bonds is 5. The second-order valence-corrected chi connectivity index (χ2v) is 6.13. The molecule has 0 aliphatic heterocycles. The van der Waals surface area contributed by atoms with Gasteiger partial charge in [-0.3, -0.25) is 0 Å². The van der Waals surface area contributed by atoms with E-state index < -0.39 is 0 Å². The molecular weight excluding hydrogens is 221 g/mol. The van der Waals surface area contributed by atoms with Gasteiger partial charge in [0.1, 0.15) is 0 Å². The molecule has 1 atom stereocenters. The molecule has 0 amide bonds. The molecule has 9 heavy (non-hydrogen) atoms. The molecule has 0 aliphatic carbocycles. The van der Waals surface area contributed by atoms with Crippen LogP contribution in [0.15, 0.2) is 0 Å². The summed E-state index contributed by atoms with van der Waals surface area (Å²) in [5.74, 6) is 0. The van der Waals surface area contributed by atoms with Crippen molar-refractivity contribution in [3.05, 3.63) is 0 Å². The van der Waals surface area contributed by atoms with Crippen molar-refractivity contribution in [2.75, 3.05) is 4.62 Å². The summed E-state index contributed by atoms with van der Waals surface area (Å²) in [6.07, 6.45) is 0.931. The topological polar surface area (TPSA) is 35.2 Å². The fourth-order valence-electron chi connectivity index (χ4n) is 0.386. The van der Waals surface area contributed by atoms with Crippen LogP contribution in [0.25, 0.3) is 0 Å². The van der Waals surface area contributed by atoms with Crippen molar-refractivity contribution >= 4 is 21.1 Å². The Morgan fingerprint density at radius 1 is 1.56 bits per heavy atom. The van der Waals surface area contributed by atoms with Crippen molar-refractivity contribution in [1.82, 2.24) is 0 Å². The van der Waals surface area contributed by atoms with Gasteiger partial charge in [0.2, 0.25) is 0 Å². The van der Waals surface area contributed by atoms with Gasteiger partial charge in [0, 0.05) is 0 Å². The predicted molar refractivity (Wildman–Crippen MR) is 40.5 cm³/mol. The van der Waals surface area contributed by atoms with Gasteiger partial charge < -0.3 is 0 Å². The second kappa shape index (κ2) is 6.83. The van der Waals surface area contributed by atoms with Gasteiger partial charge >= 0.3 is 67.2 Å². The standard InChI is InChI=1S/C4H10NO.C2H5.Sn/c1-3-4(5)6-2;1-2;/h4H,2-3,5H2,1H3;1H2,2H3;/q;;+2. The van der Waals surface area contributed by atoms with Crippen LogP contribution in [0.5, 0.6) is 0 Å². The van der Waals surface area contributed by atoms with E-state index in [9.17, 15) is 0 Å². The van der Waals surface area contributed by atoms with Gasteiger partial charge in [0.05, 0.1) is 0 Å². The molecule has 0 saturated carbocycles. The third kappa shape index (κ3) is 6.61. The van der Waals surface area contributed by atoms with Crippen molar-refractivity contribution < 1.29 is 4.74 Å². The Hall–Kier alpha value is 0.719. The SMILES string of the molecule is C[CH2][Sn+2][CH2]OC(N)CC. The summed E-state index contributed by atoms with van der Waals surface area (Å²) in [5.41, 5.74) is 5.52. The van der Waals surface area contributed by atoms with Crippen LogP contribution in [0.2, 0.25) is 4.44 Å². The molecule has 0 spiro atoms. The Kier molecular flexibility index (Phi) is 7.38. The van der Waals surface area contributed by atoms with Crippen LogP contribution in [0.3, 0.4) is 0 Å². The summed E-state index contributed by atoms with van der Waals surface area (Å²) in [6, 6.07) is 0. The van der Waals surface area contributed by atoms with Crippen LogP contribution < -0.4 is 5.73 Å². The first-order valence-corrected chi connectivity index (χ1v) is 7.42. The van der Waals surface area contributed by atoms with Crippen LogP contribution in [0.4, 0.5) is 0 Å². The van der Waals surface area contributed by atoms with Crippen molar-refractivity contribution in [2.45, 2.75) is 30.9 Å². The van der Waals surface area contributed by atoms with E-state index in [2.05, 4.69) is 6.92 Å². The first-order chi connectivity index (χ1) is 4.31. The predicted octanol–water partition coefficient (Wildman–Crippen LogP) is 0.798. The monoisotopic (exact) mass is 237 g/mol. The Bertz CT molecular complexity index is 61.0. The molecule has 3 heteroatoms. The maximum atomic E-state index is 5.52. The fourth-order valence-corrected chi connectivity index (χ4v) is 1.92. The van der Waals surface area contributed by atoms with Gasteiger partial charge in [-0.2, -0.15) is 0 Å². The third-order valence-corrected chi connectivity index (χ3v) is 3.54. The molecule has 0 heterocycles. The van der Waals surface area contributed by atoms with Crippen molar-refractivity contribution in [2.24, 2.45) is 5.73 Å². The molecule has 0 aromatic rings. The van der Waals surface area contributed by atoms with Gasteiger partial charge in [0.25, 0.3) is 0 Å². The number of hydrogen-bond donors (Lipinski definition) is 1. The Labute approximate surface area is 67.4 Å². The van der Waals surface area contributed by atoms with Crippen LogP contribution in [-0.2, 0) is 4.74 Å². The molecule has 0 fully saturated rings. The van der Waals surface area contributed by atoms with E-state index in [1.54, 1.807) is 0 Å². The zero-order chi connectivity index (χ0) is 7.11. The average molecular weight is 236 g/mol. The summed E-state index contributed by atoms with van der Waals surface area (Å²) in [5, 5.41) is 0. The summed E-state index contributed by atoms with van der Waals surface area (Å²) < 4.78 is 7.61. The first-order valence-electron chi connectivity index (χ1n) is 3.39. The molecule has 1 unspecified atom stereocenters. The van der Waals surface area contributed by atoms with E-state index in [1.807, 2.05) is 6.92 Å². The van der Waals surface area contributed by atoms with Gasteiger partial charge in [-0.05, 0) is 0 Å². The Balaban J connectivity index is 2.88. The minimum atomic E-state index is -0.168. The van der Waals surface area contributed by atoms with Crippen LogP contribution in [0, 0.1) is 0 Å². The van der Waals surface area contributed by atoms with Crippen molar-refractivity contribution in [3.63, 3.8) is 0 Å². The van der Waals surface area contributed by atoms with Gasteiger partial charge in [-0.25, -0.2) is 0 Å². The van der Waals surface area contributed by atoms with Crippen molar-refractivity contribution in [1.29, 1.82) is 0 Å². The minimum absolute atomic E-state index is 0.00236. The number of hydrogen-bond acceptors (Lipinski definition) is 2. The average Bonchev–Trinajstić information content (AvgIpc) is 1.89. The molecule has 0 aliphatic rings. The Morgan fingerprint density at radius 2 is 2.22 bits per heavy atom. The zero-order valence-electron chi connectivity index (χ0n) is 6.18. The molecule has 0 saturated heterocycles. The van der Waals surface area contributed by atoms with E-state index in [4.69, 9.17) is 10.5 Å². The van der Waals surface area contributed by atoms with Crippen LogP contribution in [-0.4, -0.2) is 32.0 Å². The summed E-state index contributed by atoms with van der Waals surface area (Å²) in [4.78, 5) is 0. The molecule has 0 aromatic heterocycles. The van der Waals surface area contributed by atoms with E-state index in [-0.39, 0.29) is 27.4 Å². The normalized spacial score (nSPS) is 12.8. The van der Waals surface area contributed by atoms with E-state index >= 15 is 0 Å². The van der Waals surface area contributed by atoms with E-state index in [0.29, 0.717) is 0 Å². The summed E-state index contributed by atoms with van der Waals surface area (Å²) >= 11 is -0.168. The molecule has 2 nitrogen and oxygen atoms in total. The van der Waals surface area contributed by atoms with Gasteiger partial charge in [0.15, 0.2) is 0 Å². The van der Waals surface area contributed by atoms with Crippen molar-refractivity contribution in [3.8, 4) is 0 Å². The van der Waals surface area contributed by atoms with Crippen LogP contribution >= 0.6 is 0 Å². The van der Waals surface area contributed by atoms with Gasteiger partial charge in [-0.1, -0.05) is 0 Å². The summed E-state index contributed by atoms with van der Waals surface area (Å²) in [6.45, 7) is 4.26. The molecule has 0 radical (unpaired) electrons.